The first-order valence-electron chi connectivity index (χ1n) is 9.30. The molecule has 4 heteroatoms. The van der Waals surface area contributed by atoms with E-state index in [1.807, 2.05) is 48.5 Å². The highest BCUT2D eigenvalue weighted by Gasteiger charge is 2.12. The van der Waals surface area contributed by atoms with E-state index in [2.05, 4.69) is 26.1 Å². The van der Waals surface area contributed by atoms with Crippen molar-refractivity contribution in [3.63, 3.8) is 0 Å². The van der Waals surface area contributed by atoms with E-state index in [1.165, 1.54) is 5.56 Å². The summed E-state index contributed by atoms with van der Waals surface area (Å²) < 4.78 is 5.73. The van der Waals surface area contributed by atoms with Gasteiger partial charge >= 0.3 is 0 Å². The highest BCUT2D eigenvalue weighted by Crippen LogP contribution is 2.25. The summed E-state index contributed by atoms with van der Waals surface area (Å²) >= 11 is 0. The largest absolute Gasteiger partial charge is 0.491 e. The Kier molecular flexibility index (Phi) is 7.63. The summed E-state index contributed by atoms with van der Waals surface area (Å²) in [6.45, 7) is 6.93. The molecule has 2 aromatic rings. The molecule has 0 radical (unpaired) electrons. The third kappa shape index (κ3) is 6.00. The molecule has 0 aliphatic rings. The van der Waals surface area contributed by atoms with Crippen molar-refractivity contribution < 1.29 is 9.53 Å². The van der Waals surface area contributed by atoms with Crippen LogP contribution < -0.4 is 10.1 Å². The molecule has 0 unspecified atom stereocenters. The number of ether oxygens (including phenoxy) is 1. The Morgan fingerprint density at radius 3 is 2.52 bits per heavy atom. The number of nitriles is 1. The Bertz CT molecular complexity index is 830. The molecule has 0 bridgehead atoms. The van der Waals surface area contributed by atoms with Gasteiger partial charge in [0.1, 0.15) is 17.4 Å². The molecule has 27 heavy (non-hydrogen) atoms. The van der Waals surface area contributed by atoms with Crippen LogP contribution in [-0.4, -0.2) is 12.5 Å². The molecule has 4 nitrogen and oxygen atoms in total. The topological polar surface area (TPSA) is 62.1 Å². The number of para-hydroxylation sites is 2. The lowest BCUT2D eigenvalue weighted by Gasteiger charge is -2.12. The van der Waals surface area contributed by atoms with Gasteiger partial charge in [0, 0.05) is 0 Å². The lowest BCUT2D eigenvalue weighted by molar-refractivity contribution is -0.112. The van der Waals surface area contributed by atoms with Gasteiger partial charge < -0.3 is 10.1 Å². The predicted octanol–water partition coefficient (Wildman–Crippen LogP) is 5.53. The minimum Gasteiger partial charge on any atom is -0.491 e. The van der Waals surface area contributed by atoms with E-state index in [4.69, 9.17) is 4.74 Å². The molecule has 0 fully saturated rings. The summed E-state index contributed by atoms with van der Waals surface area (Å²) in [5.41, 5.74) is 2.65. The number of carbonyl (C=O) groups is 1. The van der Waals surface area contributed by atoms with Crippen LogP contribution in [0.2, 0.25) is 0 Å². The van der Waals surface area contributed by atoms with Crippen molar-refractivity contribution in [1.29, 1.82) is 5.26 Å². The van der Waals surface area contributed by atoms with E-state index in [0.717, 1.165) is 18.4 Å². The minimum absolute atomic E-state index is 0.0515. The van der Waals surface area contributed by atoms with Crippen LogP contribution in [0, 0.1) is 11.3 Å². The van der Waals surface area contributed by atoms with Crippen molar-refractivity contribution in [2.24, 2.45) is 0 Å². The summed E-state index contributed by atoms with van der Waals surface area (Å²) in [4.78, 5) is 12.5. The number of hydrogen-bond donors (Lipinski definition) is 1. The maximum atomic E-state index is 12.5. The average Bonchev–Trinajstić information content (AvgIpc) is 2.67. The molecule has 1 amide bonds. The molecule has 0 aliphatic carbocycles. The van der Waals surface area contributed by atoms with E-state index in [9.17, 15) is 10.1 Å². The van der Waals surface area contributed by atoms with Crippen molar-refractivity contribution in [3.05, 3.63) is 65.2 Å². The van der Waals surface area contributed by atoms with E-state index in [0.29, 0.717) is 24.0 Å². The van der Waals surface area contributed by atoms with Crippen molar-refractivity contribution in [3.8, 4) is 11.8 Å². The van der Waals surface area contributed by atoms with Crippen LogP contribution in [0.4, 0.5) is 5.69 Å². The molecule has 2 aromatic carbocycles. The zero-order chi connectivity index (χ0) is 19.6. The molecule has 0 saturated heterocycles. The summed E-state index contributed by atoms with van der Waals surface area (Å²) in [7, 11) is 0. The van der Waals surface area contributed by atoms with Crippen LogP contribution in [0.3, 0.4) is 0 Å². The first-order valence-corrected chi connectivity index (χ1v) is 9.30. The van der Waals surface area contributed by atoms with Crippen LogP contribution >= 0.6 is 0 Å². The van der Waals surface area contributed by atoms with Gasteiger partial charge in [0.15, 0.2) is 0 Å². The number of carbonyl (C=O) groups excluding carboxylic acids is 1. The first kappa shape index (κ1) is 20.3. The first-order chi connectivity index (χ1) is 13.0. The molecule has 0 saturated carbocycles. The van der Waals surface area contributed by atoms with Crippen molar-refractivity contribution in [2.45, 2.75) is 39.5 Å². The fourth-order valence-corrected chi connectivity index (χ4v) is 2.50. The van der Waals surface area contributed by atoms with Crippen LogP contribution in [0.15, 0.2) is 54.1 Å². The summed E-state index contributed by atoms with van der Waals surface area (Å²) in [5, 5.41) is 12.2. The minimum atomic E-state index is -0.447. The van der Waals surface area contributed by atoms with Gasteiger partial charge in [-0.25, -0.2) is 0 Å². The van der Waals surface area contributed by atoms with E-state index < -0.39 is 5.91 Å². The maximum Gasteiger partial charge on any atom is 0.266 e. The molecule has 0 atom stereocenters. The monoisotopic (exact) mass is 362 g/mol. The Hall–Kier alpha value is -3.06. The van der Waals surface area contributed by atoms with Crippen molar-refractivity contribution in [1.82, 2.24) is 0 Å². The second-order valence-corrected chi connectivity index (χ2v) is 6.64. The number of nitrogens with one attached hydrogen (secondary N) is 1. The zero-order valence-electron chi connectivity index (χ0n) is 16.2. The quantitative estimate of drug-likeness (QED) is 0.381. The Labute approximate surface area is 161 Å². The number of hydrogen-bond acceptors (Lipinski definition) is 3. The van der Waals surface area contributed by atoms with Crippen LogP contribution in [0.1, 0.15) is 50.7 Å². The second kappa shape index (κ2) is 10.2. The summed E-state index contributed by atoms with van der Waals surface area (Å²) in [6.07, 6.45) is 3.57. The summed E-state index contributed by atoms with van der Waals surface area (Å²) in [5.74, 6) is 0.598. The molecule has 0 heterocycles. The van der Waals surface area contributed by atoms with Gasteiger partial charge in [-0.2, -0.15) is 5.26 Å². The molecule has 2 rings (SSSR count). The van der Waals surface area contributed by atoms with Gasteiger partial charge in [-0.15, -0.1) is 0 Å². The third-order valence-corrected chi connectivity index (χ3v) is 4.17. The highest BCUT2D eigenvalue weighted by molar-refractivity contribution is 6.10. The van der Waals surface area contributed by atoms with Crippen LogP contribution in [0.25, 0.3) is 6.08 Å². The molecule has 0 spiro atoms. The second-order valence-electron chi connectivity index (χ2n) is 6.64. The zero-order valence-corrected chi connectivity index (χ0v) is 16.2. The predicted molar refractivity (Wildman–Crippen MR) is 110 cm³/mol. The molecule has 0 aliphatic heterocycles. The molecular formula is C23H26N2O2. The Balaban J connectivity index is 2.14. The number of benzene rings is 2. The van der Waals surface area contributed by atoms with Gasteiger partial charge in [-0.3, -0.25) is 4.79 Å². The van der Waals surface area contributed by atoms with E-state index >= 15 is 0 Å². The third-order valence-electron chi connectivity index (χ3n) is 4.17. The van der Waals surface area contributed by atoms with Gasteiger partial charge in [-0.1, -0.05) is 63.6 Å². The van der Waals surface area contributed by atoms with E-state index in [1.54, 1.807) is 12.1 Å². The lowest BCUT2D eigenvalue weighted by atomic mass is 10.0. The normalized spacial score (nSPS) is 11.1. The van der Waals surface area contributed by atoms with Crippen molar-refractivity contribution >= 4 is 17.7 Å². The average molecular weight is 362 g/mol. The van der Waals surface area contributed by atoms with Crippen LogP contribution in [-0.2, 0) is 4.79 Å². The van der Waals surface area contributed by atoms with E-state index in [-0.39, 0.29) is 5.57 Å². The highest BCUT2D eigenvalue weighted by atomic mass is 16.5. The SMILES string of the molecule is CCCCOc1ccccc1NC(=O)/C(C#N)=C/c1ccc(C(C)C)cc1. The standard InChI is InChI=1S/C23H26N2O2/c1-4-5-14-27-22-9-7-6-8-21(22)25-23(26)20(16-24)15-18-10-12-19(13-11-18)17(2)3/h6-13,15,17H,4-5,14H2,1-3H3,(H,25,26)/b20-15+. The lowest BCUT2D eigenvalue weighted by Crippen LogP contribution is -2.14. The van der Waals surface area contributed by atoms with Crippen LogP contribution in [0.5, 0.6) is 5.75 Å². The summed E-state index contributed by atoms with van der Waals surface area (Å²) in [6, 6.07) is 17.1. The Morgan fingerprint density at radius 1 is 1.19 bits per heavy atom. The number of unbranched alkanes of at least 4 members (excludes halogenated alkanes) is 1. The molecule has 1 N–H and O–H groups in total. The fraction of sp³-hybridized carbons (Fsp3) is 0.304. The van der Waals surface area contributed by atoms with Gasteiger partial charge in [0.05, 0.1) is 12.3 Å². The van der Waals surface area contributed by atoms with Gasteiger partial charge in [0.25, 0.3) is 5.91 Å². The number of amides is 1. The van der Waals surface area contributed by atoms with Gasteiger partial charge in [-0.05, 0) is 41.7 Å². The maximum absolute atomic E-state index is 12.5. The van der Waals surface area contributed by atoms with Gasteiger partial charge in [0.2, 0.25) is 0 Å². The number of anilines is 1. The molecule has 140 valence electrons. The Morgan fingerprint density at radius 2 is 1.89 bits per heavy atom. The smallest absolute Gasteiger partial charge is 0.266 e. The molecular weight excluding hydrogens is 336 g/mol. The number of rotatable bonds is 8. The van der Waals surface area contributed by atoms with Crippen molar-refractivity contribution in [2.75, 3.05) is 11.9 Å². The number of nitrogens with zero attached hydrogens (tertiary/aromatic N) is 1. The molecule has 0 aromatic heterocycles. The fourth-order valence-electron chi connectivity index (χ4n) is 2.50.